The maximum absolute atomic E-state index is 12.9. The Morgan fingerprint density at radius 1 is 1.07 bits per heavy atom. The van der Waals surface area contributed by atoms with Crippen molar-refractivity contribution in [2.75, 3.05) is 19.9 Å². The zero-order valence-corrected chi connectivity index (χ0v) is 15.0. The van der Waals surface area contributed by atoms with E-state index in [0.717, 1.165) is 12.8 Å². The minimum atomic E-state index is -0.418. The minimum absolute atomic E-state index is 0.0856. The third kappa shape index (κ3) is 3.74. The Balaban J connectivity index is 1.38. The number of ether oxygens (including phenoxy) is 2. The van der Waals surface area contributed by atoms with Crippen molar-refractivity contribution in [2.24, 2.45) is 0 Å². The van der Waals surface area contributed by atoms with Gasteiger partial charge in [0.05, 0.1) is 0 Å². The Labute approximate surface area is 158 Å². The molecule has 6 nitrogen and oxygen atoms in total. The second-order valence-corrected chi connectivity index (χ2v) is 6.75. The van der Waals surface area contributed by atoms with Gasteiger partial charge in [-0.15, -0.1) is 0 Å². The lowest BCUT2D eigenvalue weighted by Gasteiger charge is -2.24. The largest absolute Gasteiger partial charge is 0.454 e. The van der Waals surface area contributed by atoms with E-state index in [9.17, 15) is 9.59 Å². The topological polar surface area (TPSA) is 67.9 Å². The Morgan fingerprint density at radius 2 is 1.89 bits per heavy atom. The highest BCUT2D eigenvalue weighted by atomic mass is 16.7. The van der Waals surface area contributed by atoms with E-state index in [4.69, 9.17) is 9.47 Å². The second kappa shape index (κ2) is 7.70. The summed E-state index contributed by atoms with van der Waals surface area (Å²) in [6, 6.07) is 14.7. The van der Waals surface area contributed by atoms with Crippen LogP contribution in [0.25, 0.3) is 0 Å². The predicted octanol–water partition coefficient (Wildman–Crippen LogP) is 2.38. The summed E-state index contributed by atoms with van der Waals surface area (Å²) < 4.78 is 10.6. The van der Waals surface area contributed by atoms with Crippen LogP contribution in [0.4, 0.5) is 0 Å². The van der Waals surface area contributed by atoms with Crippen LogP contribution < -0.4 is 14.8 Å². The summed E-state index contributed by atoms with van der Waals surface area (Å²) in [6.07, 6.45) is 2.29. The number of benzene rings is 2. The normalized spacial score (nSPS) is 17.8. The molecule has 1 unspecified atom stereocenters. The molecule has 0 aromatic heterocycles. The van der Waals surface area contributed by atoms with Gasteiger partial charge in [0.1, 0.15) is 6.04 Å². The summed E-state index contributed by atoms with van der Waals surface area (Å²) >= 11 is 0. The number of carbonyl (C=O) groups excluding carboxylic acids is 2. The van der Waals surface area contributed by atoms with E-state index >= 15 is 0 Å². The van der Waals surface area contributed by atoms with Gasteiger partial charge in [-0.25, -0.2) is 0 Å². The number of carbonyl (C=O) groups is 2. The highest BCUT2D eigenvalue weighted by Crippen LogP contribution is 2.33. The Bertz CT molecular complexity index is 837. The number of nitrogens with one attached hydrogen (secondary N) is 1. The molecule has 1 fully saturated rings. The van der Waals surface area contributed by atoms with Crippen LogP contribution in [0.5, 0.6) is 11.5 Å². The number of amides is 2. The molecule has 0 bridgehead atoms. The SMILES string of the molecule is O=C(NCCc1ccccc1)C1CCCN1C(=O)c1ccc2c(c1)OCO2. The summed E-state index contributed by atoms with van der Waals surface area (Å²) in [7, 11) is 0. The van der Waals surface area contributed by atoms with Crippen LogP contribution in [-0.4, -0.2) is 42.6 Å². The number of likely N-dealkylation sites (tertiary alicyclic amines) is 1. The lowest BCUT2D eigenvalue weighted by atomic mass is 10.1. The van der Waals surface area contributed by atoms with Gasteiger partial charge in [0.25, 0.3) is 5.91 Å². The second-order valence-electron chi connectivity index (χ2n) is 6.75. The molecular weight excluding hydrogens is 344 g/mol. The molecule has 2 heterocycles. The minimum Gasteiger partial charge on any atom is -0.454 e. The maximum Gasteiger partial charge on any atom is 0.254 e. The average molecular weight is 366 g/mol. The van der Waals surface area contributed by atoms with Crippen molar-refractivity contribution in [2.45, 2.75) is 25.3 Å². The van der Waals surface area contributed by atoms with Gasteiger partial charge in [-0.2, -0.15) is 0 Å². The molecular formula is C21H22N2O4. The van der Waals surface area contributed by atoms with E-state index in [1.54, 1.807) is 23.1 Å². The molecule has 0 aliphatic carbocycles. The number of fused-ring (bicyclic) bond motifs is 1. The molecule has 4 rings (SSSR count). The smallest absolute Gasteiger partial charge is 0.254 e. The number of hydrogen-bond donors (Lipinski definition) is 1. The fraction of sp³-hybridized carbons (Fsp3) is 0.333. The Morgan fingerprint density at radius 3 is 2.74 bits per heavy atom. The van der Waals surface area contributed by atoms with E-state index in [-0.39, 0.29) is 18.6 Å². The third-order valence-corrected chi connectivity index (χ3v) is 4.99. The van der Waals surface area contributed by atoms with Crippen molar-refractivity contribution in [3.63, 3.8) is 0 Å². The van der Waals surface area contributed by atoms with Gasteiger partial charge >= 0.3 is 0 Å². The highest BCUT2D eigenvalue weighted by molar-refractivity contribution is 5.98. The molecule has 1 N–H and O–H groups in total. The maximum atomic E-state index is 12.9. The molecule has 0 saturated carbocycles. The first-order chi connectivity index (χ1) is 13.2. The summed E-state index contributed by atoms with van der Waals surface area (Å²) in [5.41, 5.74) is 1.70. The van der Waals surface area contributed by atoms with Gasteiger partial charge < -0.3 is 19.7 Å². The molecule has 0 spiro atoms. The van der Waals surface area contributed by atoms with Crippen molar-refractivity contribution in [3.05, 3.63) is 59.7 Å². The highest BCUT2D eigenvalue weighted by Gasteiger charge is 2.34. The first kappa shape index (κ1) is 17.4. The van der Waals surface area contributed by atoms with Crippen LogP contribution >= 0.6 is 0 Å². The van der Waals surface area contributed by atoms with Gasteiger partial charge in [0.2, 0.25) is 12.7 Å². The van der Waals surface area contributed by atoms with Crippen molar-refractivity contribution < 1.29 is 19.1 Å². The predicted molar refractivity (Wildman–Crippen MR) is 99.8 cm³/mol. The molecule has 2 amide bonds. The molecule has 2 aliphatic heterocycles. The zero-order valence-electron chi connectivity index (χ0n) is 15.0. The van der Waals surface area contributed by atoms with Crippen molar-refractivity contribution in [3.8, 4) is 11.5 Å². The molecule has 140 valence electrons. The van der Waals surface area contributed by atoms with Crippen molar-refractivity contribution in [1.29, 1.82) is 0 Å². The lowest BCUT2D eigenvalue weighted by Crippen LogP contribution is -2.46. The van der Waals surface area contributed by atoms with E-state index in [1.807, 2.05) is 30.3 Å². The number of hydrogen-bond acceptors (Lipinski definition) is 4. The van der Waals surface area contributed by atoms with Crippen LogP contribution in [0.3, 0.4) is 0 Å². The van der Waals surface area contributed by atoms with Gasteiger partial charge in [0, 0.05) is 18.7 Å². The van der Waals surface area contributed by atoms with E-state index < -0.39 is 6.04 Å². The summed E-state index contributed by atoms with van der Waals surface area (Å²) in [4.78, 5) is 27.2. The third-order valence-electron chi connectivity index (χ3n) is 4.99. The van der Waals surface area contributed by atoms with Gasteiger partial charge in [-0.1, -0.05) is 30.3 Å². The molecule has 27 heavy (non-hydrogen) atoms. The van der Waals surface area contributed by atoms with Crippen LogP contribution in [0.2, 0.25) is 0 Å². The van der Waals surface area contributed by atoms with E-state index in [0.29, 0.717) is 36.6 Å². The number of nitrogens with zero attached hydrogens (tertiary/aromatic N) is 1. The van der Waals surface area contributed by atoms with Gasteiger partial charge in [0.15, 0.2) is 11.5 Å². The molecule has 2 aliphatic rings. The number of rotatable bonds is 5. The summed E-state index contributed by atoms with van der Waals surface area (Å²) in [5.74, 6) is 0.985. The van der Waals surface area contributed by atoms with E-state index in [1.165, 1.54) is 5.56 Å². The van der Waals surface area contributed by atoms with Crippen LogP contribution in [0.15, 0.2) is 48.5 Å². The molecule has 2 aromatic rings. The standard InChI is InChI=1S/C21H22N2O4/c24-20(22-11-10-15-5-2-1-3-6-15)17-7-4-12-23(17)21(25)16-8-9-18-19(13-16)27-14-26-18/h1-3,5-6,8-9,13,17H,4,7,10-12,14H2,(H,22,24). The summed E-state index contributed by atoms with van der Waals surface area (Å²) in [5, 5.41) is 2.97. The monoisotopic (exact) mass is 366 g/mol. The van der Waals surface area contributed by atoms with Gasteiger partial charge in [-0.05, 0) is 43.0 Å². The summed E-state index contributed by atoms with van der Waals surface area (Å²) in [6.45, 7) is 1.32. The average Bonchev–Trinajstić information content (AvgIpc) is 3.37. The van der Waals surface area contributed by atoms with Crippen molar-refractivity contribution >= 4 is 11.8 Å². The molecule has 2 aromatic carbocycles. The lowest BCUT2D eigenvalue weighted by molar-refractivity contribution is -0.124. The Kier molecular flexibility index (Phi) is 4.96. The molecule has 1 saturated heterocycles. The fourth-order valence-corrected chi connectivity index (χ4v) is 3.57. The molecule has 1 atom stereocenters. The first-order valence-corrected chi connectivity index (χ1v) is 9.24. The van der Waals surface area contributed by atoms with E-state index in [2.05, 4.69) is 5.32 Å². The van der Waals surface area contributed by atoms with Crippen LogP contribution in [0.1, 0.15) is 28.8 Å². The quantitative estimate of drug-likeness (QED) is 0.882. The van der Waals surface area contributed by atoms with Crippen molar-refractivity contribution in [1.82, 2.24) is 10.2 Å². The molecule has 6 heteroatoms. The molecule has 0 radical (unpaired) electrons. The van der Waals surface area contributed by atoms with Gasteiger partial charge in [-0.3, -0.25) is 9.59 Å². The van der Waals surface area contributed by atoms with Crippen LogP contribution in [-0.2, 0) is 11.2 Å². The Hall–Kier alpha value is -3.02. The first-order valence-electron chi connectivity index (χ1n) is 9.24. The van der Waals surface area contributed by atoms with Crippen LogP contribution in [0, 0.1) is 0 Å². The zero-order chi connectivity index (χ0) is 18.6. The fourth-order valence-electron chi connectivity index (χ4n) is 3.57.